The van der Waals surface area contributed by atoms with Gasteiger partial charge < -0.3 is 5.11 Å². The molecule has 0 bridgehead atoms. The fourth-order valence-electron chi connectivity index (χ4n) is 2.35. The van der Waals surface area contributed by atoms with Crippen LogP contribution in [0.15, 0.2) is 60.8 Å². The standard InChI is InChI=1S/C18H13N3O2/c19-10-13(17(22)12-6-2-1-3-7-12)18(23)16-11-20-14-8-4-5-9-15(14)21-16/h1-9,11,13,17,22H. The highest BCUT2D eigenvalue weighted by atomic mass is 16.3. The molecule has 0 amide bonds. The van der Waals surface area contributed by atoms with Gasteiger partial charge in [0.15, 0.2) is 0 Å². The van der Waals surface area contributed by atoms with Gasteiger partial charge in [-0.1, -0.05) is 42.5 Å². The molecule has 0 aliphatic carbocycles. The average molecular weight is 303 g/mol. The van der Waals surface area contributed by atoms with Gasteiger partial charge in [0.05, 0.1) is 23.3 Å². The Balaban J connectivity index is 1.94. The molecule has 0 fully saturated rings. The van der Waals surface area contributed by atoms with Crippen molar-refractivity contribution in [1.82, 2.24) is 9.97 Å². The van der Waals surface area contributed by atoms with Crippen LogP contribution in [0.25, 0.3) is 11.0 Å². The van der Waals surface area contributed by atoms with Gasteiger partial charge in [-0.3, -0.25) is 9.78 Å². The van der Waals surface area contributed by atoms with Gasteiger partial charge in [-0.05, 0) is 17.7 Å². The molecule has 1 aromatic heterocycles. The van der Waals surface area contributed by atoms with Gasteiger partial charge in [-0.15, -0.1) is 0 Å². The summed E-state index contributed by atoms with van der Waals surface area (Å²) in [4.78, 5) is 21.0. The molecule has 3 rings (SSSR count). The number of benzene rings is 2. The molecule has 5 heteroatoms. The van der Waals surface area contributed by atoms with Gasteiger partial charge in [0.25, 0.3) is 0 Å². The van der Waals surface area contributed by atoms with E-state index in [1.165, 1.54) is 6.20 Å². The SMILES string of the molecule is N#CC(C(=O)c1cnc2ccccc2n1)C(O)c1ccccc1. The first-order chi connectivity index (χ1) is 11.2. The molecule has 0 saturated heterocycles. The highest BCUT2D eigenvalue weighted by Gasteiger charge is 2.30. The van der Waals surface area contributed by atoms with E-state index in [-0.39, 0.29) is 5.69 Å². The van der Waals surface area contributed by atoms with Crippen LogP contribution in [0.3, 0.4) is 0 Å². The second kappa shape index (κ2) is 6.34. The molecule has 3 aromatic rings. The summed E-state index contributed by atoms with van der Waals surface area (Å²) >= 11 is 0. The van der Waals surface area contributed by atoms with E-state index in [1.54, 1.807) is 48.5 Å². The lowest BCUT2D eigenvalue weighted by Crippen LogP contribution is -2.22. The number of aliphatic hydroxyl groups excluding tert-OH is 1. The first kappa shape index (κ1) is 14.8. The highest BCUT2D eigenvalue weighted by Crippen LogP contribution is 2.24. The van der Waals surface area contributed by atoms with Crippen LogP contribution in [0.1, 0.15) is 22.2 Å². The number of hydrogen-bond acceptors (Lipinski definition) is 5. The molecule has 112 valence electrons. The minimum absolute atomic E-state index is 0.0743. The lowest BCUT2D eigenvalue weighted by atomic mass is 9.92. The first-order valence-electron chi connectivity index (χ1n) is 7.09. The third kappa shape index (κ3) is 2.93. The van der Waals surface area contributed by atoms with Gasteiger partial charge in [0, 0.05) is 0 Å². The number of aromatic nitrogens is 2. The molecule has 2 atom stereocenters. The van der Waals surface area contributed by atoms with Crippen molar-refractivity contribution in [3.8, 4) is 6.07 Å². The van der Waals surface area contributed by atoms with Crippen LogP contribution < -0.4 is 0 Å². The summed E-state index contributed by atoms with van der Waals surface area (Å²) in [6, 6.07) is 17.7. The zero-order chi connectivity index (χ0) is 16.2. The third-order valence-corrected chi connectivity index (χ3v) is 3.58. The van der Waals surface area contributed by atoms with Crippen LogP contribution in [-0.2, 0) is 0 Å². The molecule has 0 aliphatic rings. The molecule has 1 heterocycles. The number of Topliss-reactive ketones (excluding diaryl/α,β-unsaturated/α-hetero) is 1. The van der Waals surface area contributed by atoms with Crippen molar-refractivity contribution in [1.29, 1.82) is 5.26 Å². The summed E-state index contributed by atoms with van der Waals surface area (Å²) in [7, 11) is 0. The van der Waals surface area contributed by atoms with Gasteiger partial charge in [-0.25, -0.2) is 4.98 Å². The van der Waals surface area contributed by atoms with E-state index in [4.69, 9.17) is 0 Å². The number of ketones is 1. The van der Waals surface area contributed by atoms with Crippen molar-refractivity contribution in [2.45, 2.75) is 6.10 Å². The quantitative estimate of drug-likeness (QED) is 0.749. The average Bonchev–Trinajstić information content (AvgIpc) is 2.62. The predicted molar refractivity (Wildman–Crippen MR) is 84.4 cm³/mol. The molecular formula is C18H13N3O2. The number of nitrogens with zero attached hydrogens (tertiary/aromatic N) is 3. The number of fused-ring (bicyclic) bond motifs is 1. The lowest BCUT2D eigenvalue weighted by Gasteiger charge is -2.15. The first-order valence-corrected chi connectivity index (χ1v) is 7.09. The zero-order valence-electron chi connectivity index (χ0n) is 12.1. The van der Waals surface area contributed by atoms with Crippen LogP contribution in [0.2, 0.25) is 0 Å². The highest BCUT2D eigenvalue weighted by molar-refractivity contribution is 5.99. The number of aliphatic hydroxyl groups is 1. The van der Waals surface area contributed by atoms with E-state index >= 15 is 0 Å². The molecule has 5 nitrogen and oxygen atoms in total. The molecule has 0 saturated carbocycles. The maximum atomic E-state index is 12.5. The Morgan fingerprint density at radius 1 is 1.04 bits per heavy atom. The number of para-hydroxylation sites is 2. The summed E-state index contributed by atoms with van der Waals surface area (Å²) in [6.45, 7) is 0. The molecule has 0 aliphatic heterocycles. The Kier molecular flexibility index (Phi) is 4.09. The topological polar surface area (TPSA) is 86.9 Å². The Labute approximate surface area is 132 Å². The molecule has 2 aromatic carbocycles. The van der Waals surface area contributed by atoms with Gasteiger partial charge in [0.2, 0.25) is 5.78 Å². The second-order valence-corrected chi connectivity index (χ2v) is 5.07. The minimum Gasteiger partial charge on any atom is -0.387 e. The monoisotopic (exact) mass is 303 g/mol. The van der Waals surface area contributed by atoms with Gasteiger partial charge in [0.1, 0.15) is 17.7 Å². The minimum atomic E-state index is -1.23. The van der Waals surface area contributed by atoms with E-state index in [9.17, 15) is 15.2 Å². The van der Waals surface area contributed by atoms with E-state index in [0.29, 0.717) is 16.6 Å². The summed E-state index contributed by atoms with van der Waals surface area (Å²) in [5, 5.41) is 19.7. The van der Waals surface area contributed by atoms with Gasteiger partial charge in [-0.2, -0.15) is 5.26 Å². The molecule has 2 unspecified atom stereocenters. The Morgan fingerprint density at radius 3 is 2.39 bits per heavy atom. The van der Waals surface area contributed by atoms with Crippen molar-refractivity contribution in [2.75, 3.05) is 0 Å². The maximum absolute atomic E-state index is 12.5. The normalized spacial score (nSPS) is 13.2. The van der Waals surface area contributed by atoms with Crippen molar-refractivity contribution in [2.24, 2.45) is 5.92 Å². The second-order valence-electron chi connectivity index (χ2n) is 5.07. The fourth-order valence-corrected chi connectivity index (χ4v) is 2.35. The number of nitriles is 1. The Hall–Kier alpha value is -3.10. The van der Waals surface area contributed by atoms with Crippen LogP contribution in [0.4, 0.5) is 0 Å². The van der Waals surface area contributed by atoms with Crippen LogP contribution in [0, 0.1) is 17.2 Å². The van der Waals surface area contributed by atoms with Crippen LogP contribution in [0.5, 0.6) is 0 Å². The summed E-state index contributed by atoms with van der Waals surface area (Å²) in [6.07, 6.45) is 0.133. The largest absolute Gasteiger partial charge is 0.387 e. The summed E-state index contributed by atoms with van der Waals surface area (Å²) in [5.74, 6) is -1.77. The third-order valence-electron chi connectivity index (χ3n) is 3.58. The van der Waals surface area contributed by atoms with E-state index in [1.807, 2.05) is 12.1 Å². The van der Waals surface area contributed by atoms with Crippen molar-refractivity contribution < 1.29 is 9.90 Å². The molecule has 23 heavy (non-hydrogen) atoms. The van der Waals surface area contributed by atoms with Crippen LogP contribution >= 0.6 is 0 Å². The fraction of sp³-hybridized carbons (Fsp3) is 0.111. The van der Waals surface area contributed by atoms with Crippen molar-refractivity contribution >= 4 is 16.8 Å². The molecule has 1 N–H and O–H groups in total. The number of rotatable bonds is 4. The molecular weight excluding hydrogens is 290 g/mol. The predicted octanol–water partition coefficient (Wildman–Crippen LogP) is 2.69. The maximum Gasteiger partial charge on any atom is 0.202 e. The van der Waals surface area contributed by atoms with Gasteiger partial charge >= 0.3 is 0 Å². The van der Waals surface area contributed by atoms with E-state index in [2.05, 4.69) is 9.97 Å². The van der Waals surface area contributed by atoms with E-state index < -0.39 is 17.8 Å². The van der Waals surface area contributed by atoms with E-state index in [0.717, 1.165) is 0 Å². The number of carbonyl (C=O) groups is 1. The molecule has 0 spiro atoms. The number of hydrogen-bond donors (Lipinski definition) is 1. The lowest BCUT2D eigenvalue weighted by molar-refractivity contribution is 0.0771. The number of carbonyl (C=O) groups excluding carboxylic acids is 1. The Bertz CT molecular complexity index is 887. The zero-order valence-corrected chi connectivity index (χ0v) is 12.1. The smallest absolute Gasteiger partial charge is 0.202 e. The van der Waals surface area contributed by atoms with Crippen molar-refractivity contribution in [3.63, 3.8) is 0 Å². The molecule has 0 radical (unpaired) electrons. The van der Waals surface area contributed by atoms with Crippen molar-refractivity contribution in [3.05, 3.63) is 72.1 Å². The van der Waals surface area contributed by atoms with Crippen LogP contribution in [-0.4, -0.2) is 20.9 Å². The Morgan fingerprint density at radius 2 is 1.70 bits per heavy atom. The summed E-state index contributed by atoms with van der Waals surface area (Å²) in [5.41, 5.74) is 1.83. The summed E-state index contributed by atoms with van der Waals surface area (Å²) < 4.78 is 0.